The van der Waals surface area contributed by atoms with Gasteiger partial charge in [-0.1, -0.05) is 36.4 Å². The number of hydrogen-bond acceptors (Lipinski definition) is 4. The summed E-state index contributed by atoms with van der Waals surface area (Å²) in [6.45, 7) is 0. The molecule has 0 atom stereocenters. The first kappa shape index (κ1) is 29.9. The second-order valence-electron chi connectivity index (χ2n) is 8.50. The largest absolute Gasteiger partial charge is 0.416 e. The van der Waals surface area contributed by atoms with Gasteiger partial charge in [0.15, 0.2) is 0 Å². The quantitative estimate of drug-likeness (QED) is 0.216. The number of anilines is 2. The predicted molar refractivity (Wildman–Crippen MR) is 136 cm³/mol. The summed E-state index contributed by atoms with van der Waals surface area (Å²) >= 11 is 0. The topological polar surface area (TPSA) is 92.3 Å². The van der Waals surface area contributed by atoms with E-state index in [0.717, 1.165) is 42.5 Å². The molecule has 15 heteroatoms. The van der Waals surface area contributed by atoms with Gasteiger partial charge in [0.25, 0.3) is 20.0 Å². The maximum atomic E-state index is 14.4. The van der Waals surface area contributed by atoms with Gasteiger partial charge in [-0.2, -0.15) is 26.3 Å². The Labute approximate surface area is 229 Å². The highest BCUT2D eigenvalue weighted by Gasteiger charge is 2.33. The van der Waals surface area contributed by atoms with E-state index in [2.05, 4.69) is 0 Å². The third kappa shape index (κ3) is 6.79. The van der Waals surface area contributed by atoms with Crippen LogP contribution in [0.5, 0.6) is 0 Å². The van der Waals surface area contributed by atoms with Crippen LogP contribution in [-0.2, 0) is 32.4 Å². The number of hydrogen-bond donors (Lipinski definition) is 2. The van der Waals surface area contributed by atoms with Gasteiger partial charge in [0.1, 0.15) is 5.82 Å². The molecule has 41 heavy (non-hydrogen) atoms. The lowest BCUT2D eigenvalue weighted by atomic mass is 10.0. The van der Waals surface area contributed by atoms with Crippen molar-refractivity contribution in [1.29, 1.82) is 0 Å². The first-order valence-corrected chi connectivity index (χ1v) is 14.2. The van der Waals surface area contributed by atoms with Crippen molar-refractivity contribution in [1.82, 2.24) is 0 Å². The summed E-state index contributed by atoms with van der Waals surface area (Å²) in [5.74, 6) is -0.725. The number of alkyl halides is 6. The molecule has 0 saturated carbocycles. The van der Waals surface area contributed by atoms with Crippen molar-refractivity contribution < 1.29 is 47.6 Å². The average Bonchev–Trinajstić information content (AvgIpc) is 2.89. The maximum absolute atomic E-state index is 14.4. The van der Waals surface area contributed by atoms with E-state index in [1.165, 1.54) is 24.3 Å². The van der Waals surface area contributed by atoms with E-state index >= 15 is 0 Å². The van der Waals surface area contributed by atoms with E-state index in [9.17, 15) is 47.6 Å². The molecule has 0 saturated heterocycles. The normalized spacial score (nSPS) is 12.7. The lowest BCUT2D eigenvalue weighted by Crippen LogP contribution is -2.18. The van der Waals surface area contributed by atoms with Crippen molar-refractivity contribution in [2.75, 3.05) is 9.44 Å². The van der Waals surface area contributed by atoms with Gasteiger partial charge in [-0.15, -0.1) is 0 Å². The minimum absolute atomic E-state index is 0.0284. The molecule has 4 aromatic rings. The maximum Gasteiger partial charge on any atom is 0.416 e. The second kappa shape index (κ2) is 10.7. The number of benzene rings is 4. The molecule has 0 unspecified atom stereocenters. The molecule has 2 N–H and O–H groups in total. The lowest BCUT2D eigenvalue weighted by molar-refractivity contribution is -0.138. The van der Waals surface area contributed by atoms with Crippen LogP contribution < -0.4 is 9.44 Å². The minimum atomic E-state index is -4.87. The van der Waals surface area contributed by atoms with Gasteiger partial charge in [0, 0.05) is 5.56 Å². The Kier molecular flexibility index (Phi) is 7.80. The van der Waals surface area contributed by atoms with Crippen LogP contribution >= 0.6 is 0 Å². The molecule has 0 aliphatic rings. The average molecular weight is 619 g/mol. The van der Waals surface area contributed by atoms with Crippen LogP contribution in [0.25, 0.3) is 11.1 Å². The monoisotopic (exact) mass is 618 g/mol. The van der Waals surface area contributed by atoms with E-state index in [4.69, 9.17) is 0 Å². The molecular formula is C26H17F7N2O4S2. The molecule has 4 aromatic carbocycles. The van der Waals surface area contributed by atoms with Crippen molar-refractivity contribution in [3.05, 3.63) is 108 Å². The molecule has 0 aromatic heterocycles. The molecule has 0 amide bonds. The number of nitrogens with one attached hydrogen (secondary N) is 2. The fourth-order valence-corrected chi connectivity index (χ4v) is 5.91. The smallest absolute Gasteiger partial charge is 0.277 e. The van der Waals surface area contributed by atoms with Gasteiger partial charge in [-0.05, 0) is 60.2 Å². The Morgan fingerprint density at radius 2 is 1.02 bits per heavy atom. The lowest BCUT2D eigenvalue weighted by Gasteiger charge is -2.17. The molecule has 0 aliphatic carbocycles. The molecule has 6 nitrogen and oxygen atoms in total. The Hall–Kier alpha value is -4.11. The summed E-state index contributed by atoms with van der Waals surface area (Å²) in [5, 5.41) is 0. The molecule has 0 radical (unpaired) electrons. The standard InChI is InChI=1S/C26H17F7N2O4S2/c27-22-10-2-1-9-21(22)16-11-12-23(34-40(36,37)19-7-3-5-17(14-19)25(28,29)30)24(13-16)35-41(38,39)20-8-4-6-18(15-20)26(31,32)33/h1-15,34-35H. The van der Waals surface area contributed by atoms with Crippen LogP contribution in [0.3, 0.4) is 0 Å². The molecule has 4 rings (SSSR count). The SMILES string of the molecule is O=S(=O)(Nc1ccc(-c2ccccc2F)cc1NS(=O)(=O)c1cccc(C(F)(F)F)c1)c1cccc(C(F)(F)F)c1. The van der Waals surface area contributed by atoms with E-state index in [1.54, 1.807) is 0 Å². The van der Waals surface area contributed by atoms with Crippen molar-refractivity contribution in [3.8, 4) is 11.1 Å². The van der Waals surface area contributed by atoms with Crippen LogP contribution in [0, 0.1) is 5.82 Å². The van der Waals surface area contributed by atoms with Crippen LogP contribution in [0.1, 0.15) is 11.1 Å². The first-order valence-electron chi connectivity index (χ1n) is 11.3. The summed E-state index contributed by atoms with van der Waals surface area (Å²) in [7, 11) is -9.56. The molecule has 0 bridgehead atoms. The second-order valence-corrected chi connectivity index (χ2v) is 11.9. The van der Waals surface area contributed by atoms with Crippen LogP contribution in [0.15, 0.2) is 101 Å². The number of rotatable bonds is 7. The Balaban J connectivity index is 1.81. The van der Waals surface area contributed by atoms with Crippen molar-refractivity contribution >= 4 is 31.4 Å². The van der Waals surface area contributed by atoms with E-state index in [-0.39, 0.29) is 11.1 Å². The number of sulfonamides is 2. The highest BCUT2D eigenvalue weighted by Crippen LogP contribution is 2.36. The zero-order valence-corrected chi connectivity index (χ0v) is 21.9. The summed E-state index contributed by atoms with van der Waals surface area (Å²) < 4.78 is 150. The predicted octanol–water partition coefficient (Wildman–Crippen LogP) is 7.13. The molecule has 0 aliphatic heterocycles. The molecule has 0 fully saturated rings. The number of halogens is 7. The van der Waals surface area contributed by atoms with E-state index < -0.39 is 70.5 Å². The first-order chi connectivity index (χ1) is 19.0. The van der Waals surface area contributed by atoms with Crippen LogP contribution in [-0.4, -0.2) is 16.8 Å². The highest BCUT2D eigenvalue weighted by atomic mass is 32.2. The fraction of sp³-hybridized carbons (Fsp3) is 0.0769. The molecular weight excluding hydrogens is 601 g/mol. The van der Waals surface area contributed by atoms with Gasteiger partial charge in [-0.25, -0.2) is 21.2 Å². The van der Waals surface area contributed by atoms with E-state index in [0.29, 0.717) is 24.3 Å². The summed E-state index contributed by atoms with van der Waals surface area (Å²) in [6, 6.07) is 14.0. The van der Waals surface area contributed by atoms with Gasteiger partial charge >= 0.3 is 12.4 Å². The minimum Gasteiger partial charge on any atom is -0.277 e. The zero-order chi connectivity index (χ0) is 30.2. The Morgan fingerprint density at radius 1 is 0.537 bits per heavy atom. The summed E-state index contributed by atoms with van der Waals surface area (Å²) in [4.78, 5) is -1.63. The molecule has 0 spiro atoms. The zero-order valence-electron chi connectivity index (χ0n) is 20.3. The highest BCUT2D eigenvalue weighted by molar-refractivity contribution is 7.93. The Bertz CT molecular complexity index is 1820. The van der Waals surface area contributed by atoms with Gasteiger partial charge in [0.2, 0.25) is 0 Å². The van der Waals surface area contributed by atoms with Gasteiger partial charge < -0.3 is 0 Å². The molecule has 216 valence electrons. The summed E-state index contributed by atoms with van der Waals surface area (Å²) in [6.07, 6.45) is -9.74. The third-order valence-corrected chi connectivity index (χ3v) is 8.36. The van der Waals surface area contributed by atoms with E-state index in [1.807, 2.05) is 9.44 Å². The van der Waals surface area contributed by atoms with Gasteiger partial charge in [-0.3, -0.25) is 9.44 Å². The van der Waals surface area contributed by atoms with Crippen LogP contribution in [0.4, 0.5) is 42.1 Å². The molecule has 0 heterocycles. The van der Waals surface area contributed by atoms with Crippen molar-refractivity contribution in [2.24, 2.45) is 0 Å². The fourth-order valence-electron chi connectivity index (χ4n) is 3.67. The van der Waals surface area contributed by atoms with Crippen molar-refractivity contribution in [3.63, 3.8) is 0 Å². The van der Waals surface area contributed by atoms with Crippen LogP contribution in [0.2, 0.25) is 0 Å². The summed E-state index contributed by atoms with van der Waals surface area (Å²) in [5.41, 5.74) is -3.56. The Morgan fingerprint density at radius 3 is 1.51 bits per heavy atom. The van der Waals surface area contributed by atoms with Gasteiger partial charge in [0.05, 0.1) is 32.3 Å². The third-order valence-electron chi connectivity index (χ3n) is 5.64. The van der Waals surface area contributed by atoms with Crippen molar-refractivity contribution in [2.45, 2.75) is 22.1 Å².